The third kappa shape index (κ3) is 3.74. The highest BCUT2D eigenvalue weighted by Gasteiger charge is 2.17. The lowest BCUT2D eigenvalue weighted by Gasteiger charge is -2.15. The highest BCUT2D eigenvalue weighted by Crippen LogP contribution is 2.17. The number of aryl methyl sites for hydroxylation is 2. The predicted molar refractivity (Wildman–Crippen MR) is 116 cm³/mol. The van der Waals surface area contributed by atoms with Gasteiger partial charge in [0.25, 0.3) is 5.56 Å². The van der Waals surface area contributed by atoms with Gasteiger partial charge in [-0.3, -0.25) is 9.59 Å². The summed E-state index contributed by atoms with van der Waals surface area (Å²) in [5.41, 5.74) is 3.64. The van der Waals surface area contributed by atoms with Crippen molar-refractivity contribution in [2.75, 3.05) is 0 Å². The molecule has 2 heterocycles. The maximum Gasteiger partial charge on any atom is 0.293 e. The Morgan fingerprint density at radius 1 is 1.07 bits per heavy atom. The van der Waals surface area contributed by atoms with Gasteiger partial charge in [-0.25, -0.2) is 9.36 Å². The molecule has 4 rings (SSSR count). The van der Waals surface area contributed by atoms with Gasteiger partial charge in [-0.2, -0.15) is 10.2 Å². The zero-order chi connectivity index (χ0) is 21.3. The third-order valence-corrected chi connectivity index (χ3v) is 5.12. The molecule has 30 heavy (non-hydrogen) atoms. The van der Waals surface area contributed by atoms with Crippen molar-refractivity contribution >= 4 is 16.8 Å². The Morgan fingerprint density at radius 2 is 1.77 bits per heavy atom. The molecule has 4 aromatic rings. The smallest absolute Gasteiger partial charge is 0.293 e. The molecule has 0 fully saturated rings. The number of hydrogen-bond donors (Lipinski definition) is 1. The fraction of sp³-hybridized carbons (Fsp3) is 0.217. The SMILES string of the molecule is Cc1ccc([C@H](C)NC(=O)Cn2nc(C)c3cnn(-c4ccccc4)c3c2=O)cc1. The maximum absolute atomic E-state index is 13.1. The van der Waals surface area contributed by atoms with Crippen LogP contribution in [0.15, 0.2) is 65.6 Å². The van der Waals surface area contributed by atoms with Crippen LogP contribution in [-0.4, -0.2) is 25.5 Å². The monoisotopic (exact) mass is 401 g/mol. The van der Waals surface area contributed by atoms with E-state index in [9.17, 15) is 9.59 Å². The molecule has 1 atom stereocenters. The van der Waals surface area contributed by atoms with E-state index in [2.05, 4.69) is 15.5 Å². The normalized spacial score (nSPS) is 12.1. The average molecular weight is 401 g/mol. The van der Waals surface area contributed by atoms with Gasteiger partial charge in [-0.1, -0.05) is 48.0 Å². The largest absolute Gasteiger partial charge is 0.348 e. The van der Waals surface area contributed by atoms with Crippen LogP contribution >= 0.6 is 0 Å². The summed E-state index contributed by atoms with van der Waals surface area (Å²) < 4.78 is 2.80. The zero-order valence-corrected chi connectivity index (χ0v) is 17.2. The van der Waals surface area contributed by atoms with Crippen LogP contribution in [0.4, 0.5) is 0 Å². The van der Waals surface area contributed by atoms with E-state index in [0.717, 1.165) is 16.8 Å². The molecule has 0 bridgehead atoms. The number of amides is 1. The molecule has 0 spiro atoms. The summed E-state index contributed by atoms with van der Waals surface area (Å²) in [5.74, 6) is -0.276. The number of rotatable bonds is 5. The van der Waals surface area contributed by atoms with Crippen molar-refractivity contribution in [2.45, 2.75) is 33.4 Å². The first-order valence-electron chi connectivity index (χ1n) is 9.81. The summed E-state index contributed by atoms with van der Waals surface area (Å²) in [7, 11) is 0. The molecule has 1 amide bonds. The lowest BCUT2D eigenvalue weighted by atomic mass is 10.1. The Hall–Kier alpha value is -3.74. The van der Waals surface area contributed by atoms with Crippen LogP contribution in [0.25, 0.3) is 16.6 Å². The zero-order valence-electron chi connectivity index (χ0n) is 17.2. The minimum Gasteiger partial charge on any atom is -0.348 e. The van der Waals surface area contributed by atoms with Gasteiger partial charge >= 0.3 is 0 Å². The number of carbonyl (C=O) groups excluding carboxylic acids is 1. The van der Waals surface area contributed by atoms with Crippen molar-refractivity contribution < 1.29 is 4.79 Å². The van der Waals surface area contributed by atoms with E-state index in [0.29, 0.717) is 16.6 Å². The topological polar surface area (TPSA) is 81.8 Å². The van der Waals surface area contributed by atoms with Crippen molar-refractivity contribution in [3.8, 4) is 5.69 Å². The summed E-state index contributed by atoms with van der Waals surface area (Å²) in [6.07, 6.45) is 1.63. The van der Waals surface area contributed by atoms with Crippen LogP contribution < -0.4 is 10.9 Å². The van der Waals surface area contributed by atoms with Crippen LogP contribution in [0.3, 0.4) is 0 Å². The van der Waals surface area contributed by atoms with E-state index in [1.54, 1.807) is 10.9 Å². The fourth-order valence-electron chi connectivity index (χ4n) is 3.46. The quantitative estimate of drug-likeness (QED) is 0.557. The van der Waals surface area contributed by atoms with Gasteiger partial charge in [0, 0.05) is 5.39 Å². The Balaban J connectivity index is 1.63. The minimum atomic E-state index is -0.352. The van der Waals surface area contributed by atoms with Crippen molar-refractivity contribution in [3.63, 3.8) is 0 Å². The highest BCUT2D eigenvalue weighted by atomic mass is 16.2. The van der Waals surface area contributed by atoms with Crippen molar-refractivity contribution in [1.29, 1.82) is 0 Å². The number of nitrogens with one attached hydrogen (secondary N) is 1. The number of benzene rings is 2. The van der Waals surface area contributed by atoms with E-state index >= 15 is 0 Å². The number of aromatic nitrogens is 4. The van der Waals surface area contributed by atoms with Gasteiger partial charge < -0.3 is 5.32 Å². The second kappa shape index (κ2) is 7.94. The first-order valence-corrected chi connectivity index (χ1v) is 9.81. The van der Waals surface area contributed by atoms with Crippen LogP contribution in [-0.2, 0) is 11.3 Å². The van der Waals surface area contributed by atoms with Crippen molar-refractivity contribution in [2.24, 2.45) is 0 Å². The standard InChI is InChI=1S/C23H23N5O2/c1-15-9-11-18(12-10-15)16(2)25-21(29)14-27-23(30)22-20(17(3)26-27)13-24-28(22)19-7-5-4-6-8-19/h4-13,16H,14H2,1-3H3,(H,25,29)/t16-/m0/s1. The summed E-state index contributed by atoms with van der Waals surface area (Å²) in [5, 5.41) is 12.3. The molecule has 2 aromatic heterocycles. The molecule has 0 aliphatic rings. The minimum absolute atomic E-state index is 0.161. The first kappa shape index (κ1) is 19.6. The van der Waals surface area contributed by atoms with Crippen LogP contribution in [0.2, 0.25) is 0 Å². The number of fused-ring (bicyclic) bond motifs is 1. The molecule has 0 unspecified atom stereocenters. The van der Waals surface area contributed by atoms with E-state index in [1.807, 2.05) is 75.4 Å². The maximum atomic E-state index is 13.1. The third-order valence-electron chi connectivity index (χ3n) is 5.12. The predicted octanol–water partition coefficient (Wildman–Crippen LogP) is 3.08. The number of carbonyl (C=O) groups is 1. The van der Waals surface area contributed by atoms with Gasteiger partial charge in [0.2, 0.25) is 5.91 Å². The van der Waals surface area contributed by atoms with Crippen LogP contribution in [0.1, 0.15) is 29.8 Å². The summed E-state index contributed by atoms with van der Waals surface area (Å²) in [6.45, 7) is 5.58. The lowest BCUT2D eigenvalue weighted by Crippen LogP contribution is -2.35. The fourth-order valence-corrected chi connectivity index (χ4v) is 3.46. The van der Waals surface area contributed by atoms with E-state index < -0.39 is 0 Å². The molecule has 152 valence electrons. The lowest BCUT2D eigenvalue weighted by molar-refractivity contribution is -0.122. The van der Waals surface area contributed by atoms with Crippen molar-refractivity contribution in [1.82, 2.24) is 24.9 Å². The molecule has 0 saturated carbocycles. The van der Waals surface area contributed by atoms with Gasteiger partial charge in [0.05, 0.1) is 23.6 Å². The summed E-state index contributed by atoms with van der Waals surface area (Å²) in [4.78, 5) is 25.7. The molecule has 0 saturated heterocycles. The number of para-hydroxylation sites is 1. The molecule has 0 aliphatic carbocycles. The Morgan fingerprint density at radius 3 is 2.47 bits per heavy atom. The second-order valence-electron chi connectivity index (χ2n) is 7.40. The Kier molecular flexibility index (Phi) is 5.18. The van der Waals surface area contributed by atoms with Gasteiger partial charge in [-0.15, -0.1) is 0 Å². The molecule has 1 N–H and O–H groups in total. The van der Waals surface area contributed by atoms with Crippen LogP contribution in [0.5, 0.6) is 0 Å². The van der Waals surface area contributed by atoms with Gasteiger partial charge in [0.1, 0.15) is 12.1 Å². The van der Waals surface area contributed by atoms with E-state index in [-0.39, 0.29) is 24.1 Å². The van der Waals surface area contributed by atoms with E-state index in [1.165, 1.54) is 4.68 Å². The average Bonchev–Trinajstić information content (AvgIpc) is 3.19. The number of nitrogens with zero attached hydrogens (tertiary/aromatic N) is 4. The molecule has 7 nitrogen and oxygen atoms in total. The summed E-state index contributed by atoms with van der Waals surface area (Å²) >= 11 is 0. The first-order chi connectivity index (χ1) is 14.4. The second-order valence-corrected chi connectivity index (χ2v) is 7.40. The molecule has 2 aromatic carbocycles. The summed E-state index contributed by atoms with van der Waals surface area (Å²) in [6, 6.07) is 17.2. The molecule has 7 heteroatoms. The molecule has 0 radical (unpaired) electrons. The number of hydrogen-bond acceptors (Lipinski definition) is 4. The molecular formula is C23H23N5O2. The van der Waals surface area contributed by atoms with E-state index in [4.69, 9.17) is 0 Å². The van der Waals surface area contributed by atoms with Gasteiger partial charge in [0.15, 0.2) is 0 Å². The molecular weight excluding hydrogens is 378 g/mol. The molecule has 0 aliphatic heterocycles. The van der Waals surface area contributed by atoms with Gasteiger partial charge in [-0.05, 0) is 38.5 Å². The Bertz CT molecular complexity index is 1260. The highest BCUT2D eigenvalue weighted by molar-refractivity contribution is 5.82. The Labute approximate surface area is 174 Å². The van der Waals surface area contributed by atoms with Crippen LogP contribution in [0, 0.1) is 13.8 Å². The van der Waals surface area contributed by atoms with Crippen molar-refractivity contribution in [3.05, 3.63) is 88.0 Å².